The van der Waals surface area contributed by atoms with E-state index in [-0.39, 0.29) is 0 Å². The summed E-state index contributed by atoms with van der Waals surface area (Å²) in [4.78, 5) is 0. The minimum Gasteiger partial charge on any atom is -0.0622 e. The molecule has 0 amide bonds. The SMILES string of the molecule is [c]1c(-c2ccccc2)c(-c2ccccc2)cc(-c2ccccc2)c1-c1ccccc1. The molecule has 0 bridgehead atoms. The molecule has 0 heterocycles. The molecule has 0 nitrogen and oxygen atoms in total. The Balaban J connectivity index is 1.85. The van der Waals surface area contributed by atoms with E-state index in [1.54, 1.807) is 0 Å². The minimum atomic E-state index is 1.13. The fraction of sp³-hybridized carbons (Fsp3) is 0. The average Bonchev–Trinajstić information content (AvgIpc) is 2.85. The van der Waals surface area contributed by atoms with Gasteiger partial charge in [-0.2, -0.15) is 0 Å². The quantitative estimate of drug-likeness (QED) is 0.294. The normalized spacial score (nSPS) is 10.7. The molecule has 0 aromatic heterocycles. The molecule has 0 fully saturated rings. The zero-order valence-corrected chi connectivity index (χ0v) is 16.6. The van der Waals surface area contributed by atoms with Gasteiger partial charge in [0.15, 0.2) is 0 Å². The van der Waals surface area contributed by atoms with Crippen LogP contribution < -0.4 is 0 Å². The predicted molar refractivity (Wildman–Crippen MR) is 127 cm³/mol. The van der Waals surface area contributed by atoms with Gasteiger partial charge < -0.3 is 0 Å². The Morgan fingerprint density at radius 3 is 0.967 bits per heavy atom. The summed E-state index contributed by atoms with van der Waals surface area (Å²) < 4.78 is 0. The van der Waals surface area contributed by atoms with Crippen LogP contribution in [0.4, 0.5) is 0 Å². The Morgan fingerprint density at radius 2 is 0.633 bits per heavy atom. The van der Waals surface area contributed by atoms with Gasteiger partial charge in [0.1, 0.15) is 0 Å². The third-order valence-corrected chi connectivity index (χ3v) is 5.37. The first kappa shape index (κ1) is 18.1. The summed E-state index contributed by atoms with van der Waals surface area (Å²) in [6.07, 6.45) is 0. The van der Waals surface area contributed by atoms with Gasteiger partial charge >= 0.3 is 0 Å². The lowest BCUT2D eigenvalue weighted by Crippen LogP contribution is -1.92. The van der Waals surface area contributed by atoms with E-state index in [2.05, 4.69) is 133 Å². The molecule has 30 heavy (non-hydrogen) atoms. The van der Waals surface area contributed by atoms with Crippen LogP contribution in [0.5, 0.6) is 0 Å². The molecule has 5 aromatic carbocycles. The highest BCUT2D eigenvalue weighted by atomic mass is 14.2. The molecule has 0 N–H and O–H groups in total. The van der Waals surface area contributed by atoms with Gasteiger partial charge in [0.05, 0.1) is 0 Å². The van der Waals surface area contributed by atoms with E-state index in [1.807, 2.05) is 0 Å². The molecule has 0 saturated carbocycles. The molecule has 1 radical (unpaired) electrons. The summed E-state index contributed by atoms with van der Waals surface area (Å²) >= 11 is 0. The van der Waals surface area contributed by atoms with Crippen LogP contribution in [0.3, 0.4) is 0 Å². The number of benzene rings is 5. The largest absolute Gasteiger partial charge is 0.0622 e. The van der Waals surface area contributed by atoms with Crippen LogP contribution in [0.25, 0.3) is 44.5 Å². The fourth-order valence-corrected chi connectivity index (χ4v) is 3.90. The summed E-state index contributed by atoms with van der Waals surface area (Å²) in [5.74, 6) is 0. The smallest absolute Gasteiger partial charge is 0.000139 e. The van der Waals surface area contributed by atoms with Crippen molar-refractivity contribution in [2.45, 2.75) is 0 Å². The second-order valence-electron chi connectivity index (χ2n) is 7.31. The van der Waals surface area contributed by atoms with Crippen LogP contribution in [0, 0.1) is 6.07 Å². The van der Waals surface area contributed by atoms with E-state index in [0.717, 1.165) is 11.1 Å². The van der Waals surface area contributed by atoms with E-state index in [9.17, 15) is 0 Å². The van der Waals surface area contributed by atoms with Crippen molar-refractivity contribution in [1.29, 1.82) is 0 Å². The van der Waals surface area contributed by atoms with Crippen molar-refractivity contribution in [3.05, 3.63) is 133 Å². The van der Waals surface area contributed by atoms with Crippen LogP contribution in [0.15, 0.2) is 127 Å². The molecule has 5 rings (SSSR count). The summed E-state index contributed by atoms with van der Waals surface area (Å²) in [6.45, 7) is 0. The highest BCUT2D eigenvalue weighted by molar-refractivity contribution is 5.94. The lowest BCUT2D eigenvalue weighted by molar-refractivity contribution is 1.54. The van der Waals surface area contributed by atoms with Crippen molar-refractivity contribution in [2.24, 2.45) is 0 Å². The Labute approximate surface area is 178 Å². The lowest BCUT2D eigenvalue weighted by Gasteiger charge is -2.17. The van der Waals surface area contributed by atoms with E-state index in [0.29, 0.717) is 0 Å². The summed E-state index contributed by atoms with van der Waals surface area (Å²) in [5, 5.41) is 0. The topological polar surface area (TPSA) is 0 Å². The summed E-state index contributed by atoms with van der Waals surface area (Å²) in [7, 11) is 0. The lowest BCUT2D eigenvalue weighted by atomic mass is 9.86. The van der Waals surface area contributed by atoms with Crippen molar-refractivity contribution in [1.82, 2.24) is 0 Å². The molecule has 0 aliphatic heterocycles. The van der Waals surface area contributed by atoms with Crippen molar-refractivity contribution in [3.8, 4) is 44.5 Å². The molecule has 5 aromatic rings. The van der Waals surface area contributed by atoms with Gasteiger partial charge in [-0.1, -0.05) is 121 Å². The Bertz CT molecular complexity index is 1040. The molecule has 0 spiro atoms. The monoisotopic (exact) mass is 381 g/mol. The third kappa shape index (κ3) is 3.56. The van der Waals surface area contributed by atoms with Gasteiger partial charge in [-0.05, 0) is 56.6 Å². The van der Waals surface area contributed by atoms with Gasteiger partial charge in [0.25, 0.3) is 0 Å². The van der Waals surface area contributed by atoms with Crippen LogP contribution in [0.2, 0.25) is 0 Å². The second-order valence-corrected chi connectivity index (χ2v) is 7.31. The second kappa shape index (κ2) is 8.23. The maximum atomic E-state index is 3.81. The van der Waals surface area contributed by atoms with Crippen LogP contribution in [0.1, 0.15) is 0 Å². The molecular weight excluding hydrogens is 360 g/mol. The van der Waals surface area contributed by atoms with Gasteiger partial charge in [0, 0.05) is 0 Å². The van der Waals surface area contributed by atoms with Crippen LogP contribution in [-0.2, 0) is 0 Å². The summed E-state index contributed by atoms with van der Waals surface area (Å²) in [5.41, 5.74) is 9.39. The average molecular weight is 381 g/mol. The van der Waals surface area contributed by atoms with E-state index < -0.39 is 0 Å². The molecule has 0 aliphatic carbocycles. The van der Waals surface area contributed by atoms with Gasteiger partial charge in [0.2, 0.25) is 0 Å². The van der Waals surface area contributed by atoms with Gasteiger partial charge in [-0.25, -0.2) is 0 Å². The van der Waals surface area contributed by atoms with Crippen LogP contribution in [-0.4, -0.2) is 0 Å². The Kier molecular flexibility index (Phi) is 4.98. The highest BCUT2D eigenvalue weighted by Crippen LogP contribution is 2.41. The molecule has 0 aliphatic rings. The van der Waals surface area contributed by atoms with E-state index in [1.165, 1.54) is 33.4 Å². The van der Waals surface area contributed by atoms with Crippen molar-refractivity contribution in [3.63, 3.8) is 0 Å². The predicted octanol–water partition coefficient (Wildman–Crippen LogP) is 8.15. The van der Waals surface area contributed by atoms with Gasteiger partial charge in [-0.15, -0.1) is 0 Å². The molecule has 0 heteroatoms. The van der Waals surface area contributed by atoms with E-state index in [4.69, 9.17) is 0 Å². The first-order valence-corrected chi connectivity index (χ1v) is 10.2. The first-order chi connectivity index (χ1) is 14.9. The van der Waals surface area contributed by atoms with Crippen molar-refractivity contribution < 1.29 is 0 Å². The molecule has 0 unspecified atom stereocenters. The zero-order valence-electron chi connectivity index (χ0n) is 16.6. The minimum absolute atomic E-state index is 1.13. The first-order valence-electron chi connectivity index (χ1n) is 10.2. The summed E-state index contributed by atoms with van der Waals surface area (Å²) in [6, 6.07) is 48.4. The van der Waals surface area contributed by atoms with Crippen LogP contribution >= 0.6 is 0 Å². The van der Waals surface area contributed by atoms with Gasteiger partial charge in [-0.3, -0.25) is 0 Å². The van der Waals surface area contributed by atoms with Crippen molar-refractivity contribution in [2.75, 3.05) is 0 Å². The fourth-order valence-electron chi connectivity index (χ4n) is 3.90. The molecule has 0 atom stereocenters. The molecular formula is C30H21. The zero-order chi connectivity index (χ0) is 20.2. The third-order valence-electron chi connectivity index (χ3n) is 5.37. The standard InChI is InChI=1S/C30H21/c1-5-13-23(14-6-1)27-21-29(25-17-9-3-10-18-25)30(26-19-11-4-12-20-26)22-28(27)24-15-7-2-8-16-24/h1-21H. The molecule has 141 valence electrons. The number of hydrogen-bond acceptors (Lipinski definition) is 0. The molecule has 0 saturated heterocycles. The Hall–Kier alpha value is -3.90. The number of hydrogen-bond donors (Lipinski definition) is 0. The van der Waals surface area contributed by atoms with E-state index >= 15 is 0 Å². The highest BCUT2D eigenvalue weighted by Gasteiger charge is 2.16. The maximum absolute atomic E-state index is 3.81. The Morgan fingerprint density at radius 1 is 0.333 bits per heavy atom. The van der Waals surface area contributed by atoms with Crippen molar-refractivity contribution >= 4 is 0 Å². The maximum Gasteiger partial charge on any atom is -0.000139 e. The number of rotatable bonds is 4.